The molecule has 0 aromatic heterocycles. The Morgan fingerprint density at radius 3 is 2.47 bits per heavy atom. The zero-order valence-electron chi connectivity index (χ0n) is 12.6. The van der Waals surface area contributed by atoms with E-state index in [1.807, 2.05) is 0 Å². The first-order chi connectivity index (χ1) is 9.04. The first-order valence-corrected chi connectivity index (χ1v) is 7.51. The minimum absolute atomic E-state index is 0.0839. The number of hydrogen-bond acceptors (Lipinski definition) is 3. The van der Waals surface area contributed by atoms with Crippen LogP contribution in [0.25, 0.3) is 0 Å². The first kappa shape index (κ1) is 16.4. The van der Waals surface area contributed by atoms with Crippen molar-refractivity contribution in [3.05, 3.63) is 0 Å². The van der Waals surface area contributed by atoms with Gasteiger partial charge in [-0.05, 0) is 25.2 Å². The summed E-state index contributed by atoms with van der Waals surface area (Å²) < 4.78 is 5.33. The summed E-state index contributed by atoms with van der Waals surface area (Å²) in [7, 11) is 0. The van der Waals surface area contributed by atoms with Crippen LogP contribution in [0.3, 0.4) is 0 Å². The number of aliphatic hydroxyl groups is 1. The van der Waals surface area contributed by atoms with Gasteiger partial charge in [-0.2, -0.15) is 0 Å². The fourth-order valence-electron chi connectivity index (χ4n) is 2.68. The molecule has 0 saturated carbocycles. The number of rotatable bonds is 7. The molecule has 0 radical (unpaired) electrons. The highest BCUT2D eigenvalue weighted by Gasteiger charge is 2.33. The Bertz CT molecular complexity index is 273. The van der Waals surface area contributed by atoms with Gasteiger partial charge in [0.15, 0.2) is 0 Å². The third-order valence-electron chi connectivity index (χ3n) is 4.27. The van der Waals surface area contributed by atoms with E-state index in [0.29, 0.717) is 25.7 Å². The van der Waals surface area contributed by atoms with Gasteiger partial charge in [0.05, 0.1) is 6.61 Å². The molecule has 2 N–H and O–H groups in total. The van der Waals surface area contributed by atoms with E-state index < -0.39 is 0 Å². The number of amides is 1. The fraction of sp³-hybridized carbons (Fsp3) is 0.933. The molecule has 1 rings (SSSR count). The van der Waals surface area contributed by atoms with Crippen LogP contribution in [0.5, 0.6) is 0 Å². The Kier molecular flexibility index (Phi) is 6.80. The Labute approximate surface area is 116 Å². The summed E-state index contributed by atoms with van der Waals surface area (Å²) in [6, 6.07) is 0. The van der Waals surface area contributed by atoms with Crippen LogP contribution in [0.1, 0.15) is 46.5 Å². The summed E-state index contributed by atoms with van der Waals surface area (Å²) in [4.78, 5) is 12.3. The maximum absolute atomic E-state index is 12.3. The normalized spacial score (nSPS) is 20.3. The zero-order chi connectivity index (χ0) is 14.3. The van der Waals surface area contributed by atoms with Crippen molar-refractivity contribution in [3.63, 3.8) is 0 Å². The molecule has 112 valence electrons. The predicted octanol–water partition coefficient (Wildman–Crippen LogP) is 1.96. The third-order valence-corrected chi connectivity index (χ3v) is 4.27. The highest BCUT2D eigenvalue weighted by atomic mass is 16.5. The third kappa shape index (κ3) is 4.77. The van der Waals surface area contributed by atoms with E-state index in [0.717, 1.165) is 25.7 Å². The van der Waals surface area contributed by atoms with Crippen LogP contribution >= 0.6 is 0 Å². The first-order valence-electron chi connectivity index (χ1n) is 7.51. The molecular weight excluding hydrogens is 242 g/mol. The molecule has 4 nitrogen and oxygen atoms in total. The minimum Gasteiger partial charge on any atom is -0.396 e. The van der Waals surface area contributed by atoms with Gasteiger partial charge in [0.1, 0.15) is 0 Å². The molecule has 0 aliphatic carbocycles. The molecule has 1 heterocycles. The van der Waals surface area contributed by atoms with Crippen LogP contribution < -0.4 is 5.32 Å². The summed E-state index contributed by atoms with van der Waals surface area (Å²) in [6.07, 6.45) is 3.60. The smallest absolute Gasteiger partial charge is 0.223 e. The lowest BCUT2D eigenvalue weighted by molar-refractivity contribution is -0.127. The maximum atomic E-state index is 12.3. The molecule has 19 heavy (non-hydrogen) atoms. The molecule has 4 heteroatoms. The van der Waals surface area contributed by atoms with E-state index in [1.54, 1.807) is 0 Å². The zero-order valence-corrected chi connectivity index (χ0v) is 12.6. The highest BCUT2D eigenvalue weighted by molar-refractivity contribution is 5.78. The molecule has 1 saturated heterocycles. The molecule has 0 aromatic rings. The predicted molar refractivity (Wildman–Crippen MR) is 75.8 cm³/mol. The van der Waals surface area contributed by atoms with E-state index >= 15 is 0 Å². The van der Waals surface area contributed by atoms with Gasteiger partial charge in [-0.3, -0.25) is 4.79 Å². The lowest BCUT2D eigenvalue weighted by atomic mass is 9.80. The summed E-state index contributed by atoms with van der Waals surface area (Å²) in [6.45, 7) is 8.34. The number of carbonyl (C=O) groups excluding carboxylic acids is 1. The average Bonchev–Trinajstić information content (AvgIpc) is 2.43. The summed E-state index contributed by atoms with van der Waals surface area (Å²) in [5, 5.41) is 12.7. The van der Waals surface area contributed by atoms with Gasteiger partial charge in [-0.15, -0.1) is 0 Å². The Hall–Kier alpha value is -0.610. The number of hydrogen-bond donors (Lipinski definition) is 2. The molecule has 1 atom stereocenters. The molecule has 0 spiro atoms. The Balaban J connectivity index is 2.50. The van der Waals surface area contributed by atoms with Crippen LogP contribution in [0.2, 0.25) is 0 Å². The quantitative estimate of drug-likeness (QED) is 0.744. The summed E-state index contributed by atoms with van der Waals surface area (Å²) >= 11 is 0. The summed E-state index contributed by atoms with van der Waals surface area (Å²) in [5.74, 6) is 0.580. The SMILES string of the molecule is CCCC(C(=O)NCC1(CO)CCOCC1)C(C)C. The summed E-state index contributed by atoms with van der Waals surface area (Å²) in [5.41, 5.74) is -0.179. The van der Waals surface area contributed by atoms with Gasteiger partial charge >= 0.3 is 0 Å². The number of ether oxygens (including phenoxy) is 1. The van der Waals surface area contributed by atoms with Gasteiger partial charge < -0.3 is 15.2 Å². The average molecular weight is 271 g/mol. The van der Waals surface area contributed by atoms with Crippen LogP contribution in [-0.4, -0.2) is 37.4 Å². The van der Waals surface area contributed by atoms with Gasteiger partial charge in [-0.1, -0.05) is 27.2 Å². The van der Waals surface area contributed by atoms with E-state index in [2.05, 4.69) is 26.1 Å². The molecular formula is C15H29NO3. The lowest BCUT2D eigenvalue weighted by Crippen LogP contribution is -2.45. The topological polar surface area (TPSA) is 58.6 Å². The molecule has 1 unspecified atom stereocenters. The molecule has 0 bridgehead atoms. The van der Waals surface area contributed by atoms with Crippen molar-refractivity contribution in [3.8, 4) is 0 Å². The van der Waals surface area contributed by atoms with Crippen molar-refractivity contribution in [2.75, 3.05) is 26.4 Å². The van der Waals surface area contributed by atoms with Crippen molar-refractivity contribution >= 4 is 5.91 Å². The second-order valence-corrected chi connectivity index (χ2v) is 6.13. The molecule has 1 aliphatic rings. The molecule has 1 amide bonds. The monoisotopic (exact) mass is 271 g/mol. The van der Waals surface area contributed by atoms with Crippen LogP contribution in [-0.2, 0) is 9.53 Å². The van der Waals surface area contributed by atoms with Crippen LogP contribution in [0.15, 0.2) is 0 Å². The number of nitrogens with one attached hydrogen (secondary N) is 1. The van der Waals surface area contributed by atoms with Crippen molar-refractivity contribution in [1.82, 2.24) is 5.32 Å². The van der Waals surface area contributed by atoms with E-state index in [-0.39, 0.29) is 23.8 Å². The van der Waals surface area contributed by atoms with Crippen LogP contribution in [0.4, 0.5) is 0 Å². The Morgan fingerprint density at radius 1 is 1.37 bits per heavy atom. The van der Waals surface area contributed by atoms with E-state index in [1.165, 1.54) is 0 Å². The standard InChI is InChI=1S/C15H29NO3/c1-4-5-13(12(2)3)14(18)16-10-15(11-17)6-8-19-9-7-15/h12-13,17H,4-11H2,1-3H3,(H,16,18). The van der Waals surface area contributed by atoms with Gasteiger partial charge in [0.2, 0.25) is 5.91 Å². The molecule has 0 aromatic carbocycles. The van der Waals surface area contributed by atoms with Gasteiger partial charge in [0, 0.05) is 31.1 Å². The molecule has 1 aliphatic heterocycles. The second-order valence-electron chi connectivity index (χ2n) is 6.13. The van der Waals surface area contributed by atoms with Crippen molar-refractivity contribution in [2.24, 2.45) is 17.3 Å². The second kappa shape index (κ2) is 7.85. The van der Waals surface area contributed by atoms with Crippen molar-refractivity contribution < 1.29 is 14.6 Å². The van der Waals surface area contributed by atoms with Crippen molar-refractivity contribution in [2.45, 2.75) is 46.5 Å². The highest BCUT2D eigenvalue weighted by Crippen LogP contribution is 2.29. The van der Waals surface area contributed by atoms with E-state index in [9.17, 15) is 9.90 Å². The number of carbonyl (C=O) groups is 1. The molecule has 1 fully saturated rings. The van der Waals surface area contributed by atoms with Crippen LogP contribution in [0, 0.1) is 17.3 Å². The minimum atomic E-state index is -0.179. The lowest BCUT2D eigenvalue weighted by Gasteiger charge is -2.36. The Morgan fingerprint density at radius 2 is 2.00 bits per heavy atom. The van der Waals surface area contributed by atoms with E-state index in [4.69, 9.17) is 4.74 Å². The van der Waals surface area contributed by atoms with Gasteiger partial charge in [0.25, 0.3) is 0 Å². The fourth-order valence-corrected chi connectivity index (χ4v) is 2.68. The maximum Gasteiger partial charge on any atom is 0.223 e. The number of aliphatic hydroxyl groups excluding tert-OH is 1. The van der Waals surface area contributed by atoms with Crippen molar-refractivity contribution in [1.29, 1.82) is 0 Å². The largest absolute Gasteiger partial charge is 0.396 e. The van der Waals surface area contributed by atoms with Gasteiger partial charge in [-0.25, -0.2) is 0 Å².